The number of hydrogen-bond donors (Lipinski definition) is 2. The number of fused-ring (bicyclic) bond motifs is 1. The van der Waals surface area contributed by atoms with Crippen molar-refractivity contribution < 1.29 is 27.8 Å². The van der Waals surface area contributed by atoms with E-state index in [1.54, 1.807) is 17.6 Å². The van der Waals surface area contributed by atoms with Crippen LogP contribution in [0.1, 0.15) is 25.8 Å². The van der Waals surface area contributed by atoms with Gasteiger partial charge in [-0.15, -0.1) is 11.3 Å². The molecule has 0 spiro atoms. The third-order valence-electron chi connectivity index (χ3n) is 6.13. The number of hydrogen-bond acceptors (Lipinski definition) is 8. The van der Waals surface area contributed by atoms with Crippen LogP contribution in [-0.2, 0) is 25.9 Å². The molecule has 0 bridgehead atoms. The average molecular weight is 548 g/mol. The van der Waals surface area contributed by atoms with Crippen molar-refractivity contribution in [2.75, 3.05) is 26.3 Å². The van der Waals surface area contributed by atoms with Gasteiger partial charge in [0, 0.05) is 19.5 Å². The van der Waals surface area contributed by atoms with Crippen LogP contribution >= 0.6 is 11.3 Å². The number of carbonyl (C=O) groups excluding carboxylic acids is 1. The zero-order valence-electron chi connectivity index (χ0n) is 20.9. The Morgan fingerprint density at radius 2 is 2.03 bits per heavy atom. The van der Waals surface area contributed by atoms with Crippen LogP contribution in [0, 0.1) is 5.92 Å². The number of sulfonamides is 1. The van der Waals surface area contributed by atoms with Gasteiger partial charge in [0.2, 0.25) is 10.0 Å². The van der Waals surface area contributed by atoms with Gasteiger partial charge in [0.1, 0.15) is 6.10 Å². The van der Waals surface area contributed by atoms with Gasteiger partial charge in [0.15, 0.2) is 0 Å². The van der Waals surface area contributed by atoms with Gasteiger partial charge in [-0.05, 0) is 36.1 Å². The van der Waals surface area contributed by atoms with E-state index in [4.69, 9.17) is 9.47 Å². The summed E-state index contributed by atoms with van der Waals surface area (Å²) in [6, 6.07) is 13.5. The van der Waals surface area contributed by atoms with E-state index in [1.165, 1.54) is 21.7 Å². The minimum Gasteiger partial charge on any atom is -0.444 e. The molecule has 2 N–H and O–H groups in total. The summed E-state index contributed by atoms with van der Waals surface area (Å²) in [6.45, 7) is 4.73. The number of thiazole rings is 1. The van der Waals surface area contributed by atoms with Crippen molar-refractivity contribution >= 4 is 37.7 Å². The Morgan fingerprint density at radius 1 is 1.24 bits per heavy atom. The van der Waals surface area contributed by atoms with Crippen molar-refractivity contribution in [3.8, 4) is 0 Å². The highest BCUT2D eigenvalue weighted by atomic mass is 32.2. The molecule has 9 nitrogen and oxygen atoms in total. The number of benzene rings is 2. The molecule has 4 rings (SSSR count). The first-order valence-electron chi connectivity index (χ1n) is 12.3. The second-order valence-electron chi connectivity index (χ2n) is 9.60. The fourth-order valence-electron chi connectivity index (χ4n) is 4.25. The van der Waals surface area contributed by atoms with Crippen LogP contribution in [0.3, 0.4) is 0 Å². The number of carbonyl (C=O) groups is 1. The van der Waals surface area contributed by atoms with Crippen molar-refractivity contribution in [2.24, 2.45) is 5.92 Å². The largest absolute Gasteiger partial charge is 0.444 e. The molecule has 2 heterocycles. The molecule has 0 saturated carbocycles. The van der Waals surface area contributed by atoms with E-state index in [2.05, 4.69) is 10.3 Å². The Hall–Kier alpha value is -2.57. The SMILES string of the molecule is CC(C)CN(C[C@@H](O)[C@H](Cc1ccccc1)NC(=O)OC1CCOC1)S(=O)(=O)c1ccc2ncsc2c1. The van der Waals surface area contributed by atoms with Crippen LogP contribution in [0.15, 0.2) is 58.9 Å². The first-order valence-corrected chi connectivity index (χ1v) is 14.6. The van der Waals surface area contributed by atoms with Gasteiger partial charge in [0.05, 0.1) is 46.0 Å². The molecule has 1 aromatic heterocycles. The minimum absolute atomic E-state index is 0.0157. The number of nitrogens with zero attached hydrogens (tertiary/aromatic N) is 2. The van der Waals surface area contributed by atoms with Gasteiger partial charge in [-0.1, -0.05) is 44.2 Å². The highest BCUT2D eigenvalue weighted by Gasteiger charge is 2.32. The van der Waals surface area contributed by atoms with Crippen LogP contribution in [0.5, 0.6) is 0 Å². The topological polar surface area (TPSA) is 118 Å². The van der Waals surface area contributed by atoms with Gasteiger partial charge in [-0.25, -0.2) is 18.2 Å². The molecule has 0 radical (unpaired) electrons. The lowest BCUT2D eigenvalue weighted by molar-refractivity contribution is 0.0644. The third kappa shape index (κ3) is 7.26. The number of aromatic nitrogens is 1. The molecule has 3 aromatic rings. The molecule has 1 saturated heterocycles. The first-order chi connectivity index (χ1) is 17.7. The third-order valence-corrected chi connectivity index (χ3v) is 8.75. The molecule has 1 amide bonds. The number of nitrogens with one attached hydrogen (secondary N) is 1. The summed E-state index contributed by atoms with van der Waals surface area (Å²) in [6.07, 6.45) is -1.27. The lowest BCUT2D eigenvalue weighted by Gasteiger charge is -2.30. The Morgan fingerprint density at radius 3 is 2.73 bits per heavy atom. The van der Waals surface area contributed by atoms with Gasteiger partial charge in [-0.3, -0.25) is 0 Å². The van der Waals surface area contributed by atoms with Gasteiger partial charge in [0.25, 0.3) is 0 Å². The first kappa shape index (κ1) is 27.5. The number of aliphatic hydroxyl groups is 1. The molecule has 3 atom stereocenters. The summed E-state index contributed by atoms with van der Waals surface area (Å²) in [5.74, 6) is 0.0157. The van der Waals surface area contributed by atoms with Crippen molar-refractivity contribution in [1.29, 1.82) is 0 Å². The lowest BCUT2D eigenvalue weighted by atomic mass is 10.0. The molecule has 1 aliphatic heterocycles. The van der Waals surface area contributed by atoms with Crippen molar-refractivity contribution in [1.82, 2.24) is 14.6 Å². The number of aliphatic hydroxyl groups excluding tert-OH is 1. The predicted octanol–water partition coefficient (Wildman–Crippen LogP) is 3.43. The maximum Gasteiger partial charge on any atom is 0.407 e. The maximum absolute atomic E-state index is 13.7. The highest BCUT2D eigenvalue weighted by molar-refractivity contribution is 7.89. The number of alkyl carbamates (subject to hydrolysis) is 1. The maximum atomic E-state index is 13.7. The van der Waals surface area contributed by atoms with Crippen LogP contribution in [0.2, 0.25) is 0 Å². The van der Waals surface area contributed by atoms with Gasteiger partial charge >= 0.3 is 6.09 Å². The van der Waals surface area contributed by atoms with Crippen LogP contribution < -0.4 is 5.32 Å². The van der Waals surface area contributed by atoms with Crippen molar-refractivity contribution in [2.45, 2.75) is 49.8 Å². The minimum atomic E-state index is -3.92. The van der Waals surface area contributed by atoms with Gasteiger partial charge < -0.3 is 19.9 Å². The smallest absolute Gasteiger partial charge is 0.407 e. The van der Waals surface area contributed by atoms with E-state index in [1.807, 2.05) is 44.2 Å². The second-order valence-corrected chi connectivity index (χ2v) is 12.4. The molecule has 11 heteroatoms. The summed E-state index contributed by atoms with van der Waals surface area (Å²) < 4.78 is 40.1. The summed E-state index contributed by atoms with van der Waals surface area (Å²) in [5.41, 5.74) is 3.30. The van der Waals surface area contributed by atoms with E-state index in [0.717, 1.165) is 15.8 Å². The summed E-state index contributed by atoms with van der Waals surface area (Å²) >= 11 is 1.37. The fourth-order valence-corrected chi connectivity index (χ4v) is 6.69. The van der Waals surface area contributed by atoms with E-state index < -0.39 is 28.3 Å². The molecular formula is C26H33N3O6S2. The Labute approximate surface area is 221 Å². The molecule has 37 heavy (non-hydrogen) atoms. The number of amides is 1. The monoisotopic (exact) mass is 547 g/mol. The van der Waals surface area contributed by atoms with E-state index in [0.29, 0.717) is 26.1 Å². The number of rotatable bonds is 11. The Bertz CT molecular complexity index is 1280. The fraction of sp³-hybridized carbons (Fsp3) is 0.462. The molecule has 200 valence electrons. The quantitative estimate of drug-likeness (QED) is 0.378. The molecular weight excluding hydrogens is 514 g/mol. The average Bonchev–Trinajstić information content (AvgIpc) is 3.55. The second kappa shape index (κ2) is 12.3. The predicted molar refractivity (Wildman–Crippen MR) is 142 cm³/mol. The van der Waals surface area contributed by atoms with Crippen molar-refractivity contribution in [3.05, 3.63) is 59.6 Å². The number of ether oxygens (including phenoxy) is 2. The molecule has 1 fully saturated rings. The molecule has 2 aromatic carbocycles. The molecule has 1 aliphatic rings. The van der Waals surface area contributed by atoms with E-state index in [9.17, 15) is 18.3 Å². The highest BCUT2D eigenvalue weighted by Crippen LogP contribution is 2.25. The van der Waals surface area contributed by atoms with E-state index >= 15 is 0 Å². The van der Waals surface area contributed by atoms with Crippen molar-refractivity contribution in [3.63, 3.8) is 0 Å². The van der Waals surface area contributed by atoms with Crippen LogP contribution in [0.25, 0.3) is 10.2 Å². The normalized spacial score (nSPS) is 17.8. The standard InChI is InChI=1S/C26H33N3O6S2/c1-18(2)14-29(37(32,33)21-8-9-22-25(13-21)36-17-27-22)15-24(30)23(12-19-6-4-3-5-7-19)28-26(31)35-20-10-11-34-16-20/h3-9,13,17-18,20,23-24,30H,10-12,14-16H2,1-2H3,(H,28,31)/t20?,23-,24+/m0/s1. The summed E-state index contributed by atoms with van der Waals surface area (Å²) in [7, 11) is -3.92. The van der Waals surface area contributed by atoms with Crippen LogP contribution in [0.4, 0.5) is 4.79 Å². The van der Waals surface area contributed by atoms with E-state index in [-0.39, 0.29) is 30.0 Å². The zero-order chi connectivity index (χ0) is 26.4. The summed E-state index contributed by atoms with van der Waals surface area (Å²) in [5, 5.41) is 14.1. The lowest BCUT2D eigenvalue weighted by Crippen LogP contribution is -2.51. The van der Waals surface area contributed by atoms with Crippen LogP contribution in [-0.4, -0.2) is 73.5 Å². The molecule has 0 aliphatic carbocycles. The molecule has 1 unspecified atom stereocenters. The zero-order valence-corrected chi connectivity index (χ0v) is 22.6. The Balaban J connectivity index is 1.55. The summed E-state index contributed by atoms with van der Waals surface area (Å²) in [4.78, 5) is 17.0. The Kier molecular flexibility index (Phi) is 9.14. The van der Waals surface area contributed by atoms with Gasteiger partial charge in [-0.2, -0.15) is 4.31 Å².